The lowest BCUT2D eigenvalue weighted by molar-refractivity contribution is 0.479. The number of aryl methyl sites for hydroxylation is 2. The number of para-hydroxylation sites is 1. The average molecular weight is 535 g/mol. The molecule has 0 amide bonds. The molecule has 6 nitrogen and oxygen atoms in total. The number of nitrogens with zero attached hydrogens (tertiary/aromatic N) is 3. The first-order chi connectivity index (χ1) is 19.0. The van der Waals surface area contributed by atoms with E-state index in [4.69, 9.17) is 26.4 Å². The Morgan fingerprint density at radius 2 is 1.74 bits per heavy atom. The maximum atomic E-state index is 6.15. The van der Waals surface area contributed by atoms with Crippen molar-refractivity contribution in [2.45, 2.75) is 39.4 Å². The molecule has 7 heteroatoms. The van der Waals surface area contributed by atoms with E-state index in [-0.39, 0.29) is 12.1 Å². The molecule has 2 atom stereocenters. The van der Waals surface area contributed by atoms with Gasteiger partial charge in [-0.25, -0.2) is 0 Å². The smallest absolute Gasteiger partial charge is 0.174 e. The summed E-state index contributed by atoms with van der Waals surface area (Å²) in [6.45, 7) is 7.02. The number of hydrogen-bond donors (Lipinski definition) is 1. The van der Waals surface area contributed by atoms with Crippen molar-refractivity contribution in [1.29, 1.82) is 0 Å². The van der Waals surface area contributed by atoms with Crippen molar-refractivity contribution in [1.82, 2.24) is 14.9 Å². The third kappa shape index (κ3) is 4.81. The van der Waals surface area contributed by atoms with Gasteiger partial charge in [0, 0.05) is 23.3 Å². The first-order valence-corrected chi connectivity index (χ1v) is 13.4. The summed E-state index contributed by atoms with van der Waals surface area (Å²) in [6.07, 6.45) is 3.55. The summed E-state index contributed by atoms with van der Waals surface area (Å²) in [5, 5.41) is 4.23. The van der Waals surface area contributed by atoms with Gasteiger partial charge in [-0.2, -0.15) is 0 Å². The first kappa shape index (κ1) is 24.9. The maximum Gasteiger partial charge on any atom is 0.174 e. The van der Waals surface area contributed by atoms with Gasteiger partial charge in [0.15, 0.2) is 5.11 Å². The van der Waals surface area contributed by atoms with Crippen LogP contribution >= 0.6 is 12.2 Å². The summed E-state index contributed by atoms with van der Waals surface area (Å²) in [6, 6.07) is 28.1. The van der Waals surface area contributed by atoms with Crippen LogP contribution in [0.4, 0.5) is 5.69 Å². The number of aromatic nitrogens is 2. The van der Waals surface area contributed by atoms with Gasteiger partial charge >= 0.3 is 0 Å². The summed E-state index contributed by atoms with van der Waals surface area (Å²) in [5.41, 5.74) is 6.56. The maximum absolute atomic E-state index is 6.15. The lowest BCUT2D eigenvalue weighted by Crippen LogP contribution is -2.29. The molecule has 3 aromatic heterocycles. The van der Waals surface area contributed by atoms with E-state index in [1.165, 1.54) is 17.0 Å². The molecule has 4 heterocycles. The van der Waals surface area contributed by atoms with Crippen LogP contribution in [0.15, 0.2) is 102 Å². The normalized spacial score (nSPS) is 16.9. The fourth-order valence-electron chi connectivity index (χ4n) is 5.35. The molecular formula is C32H30N4O2S. The number of nitrogens with one attached hydrogen (secondary N) is 1. The van der Waals surface area contributed by atoms with E-state index in [0.717, 1.165) is 34.2 Å². The van der Waals surface area contributed by atoms with E-state index in [2.05, 4.69) is 52.9 Å². The highest BCUT2D eigenvalue weighted by Crippen LogP contribution is 2.43. The van der Waals surface area contributed by atoms with Crippen molar-refractivity contribution >= 4 is 23.0 Å². The number of hydrogen-bond acceptors (Lipinski definition) is 4. The molecule has 1 N–H and O–H groups in total. The van der Waals surface area contributed by atoms with Crippen molar-refractivity contribution in [2.75, 3.05) is 4.90 Å². The molecule has 0 aliphatic carbocycles. The quantitative estimate of drug-likeness (QED) is 0.219. The molecule has 2 aromatic carbocycles. The highest BCUT2D eigenvalue weighted by Gasteiger charge is 2.42. The predicted octanol–water partition coefficient (Wildman–Crippen LogP) is 7.42. The molecule has 0 bridgehead atoms. The van der Waals surface area contributed by atoms with Crippen LogP contribution in [-0.4, -0.2) is 14.7 Å². The summed E-state index contributed by atoms with van der Waals surface area (Å²) in [7, 11) is 0. The Bertz CT molecular complexity index is 1590. The fraction of sp³-hybridized carbons (Fsp3) is 0.188. The van der Waals surface area contributed by atoms with Gasteiger partial charge in [-0.3, -0.25) is 4.98 Å². The summed E-state index contributed by atoms with van der Waals surface area (Å²) in [5.74, 6) is 2.55. The topological polar surface area (TPSA) is 55.5 Å². The molecule has 0 radical (unpaired) electrons. The Labute approximate surface area is 233 Å². The average Bonchev–Trinajstić information content (AvgIpc) is 3.66. The minimum Gasteiger partial charge on any atom is -0.467 e. The molecule has 1 saturated heterocycles. The van der Waals surface area contributed by atoms with E-state index >= 15 is 0 Å². The third-order valence-electron chi connectivity index (χ3n) is 7.36. The Morgan fingerprint density at radius 3 is 2.46 bits per heavy atom. The standard InChI is InChI=1S/C32H30N4O2S/c1-21-9-4-5-12-29(21)38-25-15-13-24(14-16-25)36-31(30(34-32(36)39)28-11-6-7-17-33-28)27-19-22(2)35(23(27)3)20-26-10-8-18-37-26/h4-19,30-31H,20H2,1-3H3,(H,34,39). The fourth-order valence-corrected chi connectivity index (χ4v) is 5.70. The third-order valence-corrected chi connectivity index (χ3v) is 7.67. The molecule has 1 aliphatic rings. The number of ether oxygens (including phenoxy) is 1. The highest BCUT2D eigenvalue weighted by molar-refractivity contribution is 7.80. The van der Waals surface area contributed by atoms with Crippen LogP contribution in [-0.2, 0) is 6.54 Å². The highest BCUT2D eigenvalue weighted by atomic mass is 32.1. The van der Waals surface area contributed by atoms with Gasteiger partial charge < -0.3 is 23.9 Å². The molecule has 0 spiro atoms. The van der Waals surface area contributed by atoms with E-state index in [1.54, 1.807) is 6.26 Å². The molecule has 6 rings (SSSR count). The summed E-state index contributed by atoms with van der Waals surface area (Å²) >= 11 is 5.94. The number of furan rings is 1. The van der Waals surface area contributed by atoms with Gasteiger partial charge in [-0.05, 0) is 105 Å². The van der Waals surface area contributed by atoms with Gasteiger partial charge in [-0.15, -0.1) is 0 Å². The summed E-state index contributed by atoms with van der Waals surface area (Å²) < 4.78 is 14.1. The number of thiocarbonyl (C=S) groups is 1. The van der Waals surface area contributed by atoms with Crippen molar-refractivity contribution in [3.05, 3.63) is 131 Å². The monoisotopic (exact) mass is 534 g/mol. The predicted molar refractivity (Wildman–Crippen MR) is 157 cm³/mol. The van der Waals surface area contributed by atoms with Crippen molar-refractivity contribution < 1.29 is 9.15 Å². The molecule has 1 aliphatic heterocycles. The Kier molecular flexibility index (Phi) is 6.67. The van der Waals surface area contributed by atoms with Crippen molar-refractivity contribution in [3.8, 4) is 11.5 Å². The van der Waals surface area contributed by atoms with E-state index in [0.29, 0.717) is 11.7 Å². The zero-order valence-electron chi connectivity index (χ0n) is 22.2. The molecule has 196 valence electrons. The number of rotatable bonds is 7. The van der Waals surface area contributed by atoms with Gasteiger partial charge in [0.2, 0.25) is 0 Å². The lowest BCUT2D eigenvalue weighted by atomic mass is 9.96. The largest absolute Gasteiger partial charge is 0.467 e. The SMILES string of the molecule is Cc1ccccc1Oc1ccc(N2C(=S)NC(c3ccccn3)C2c2cc(C)n(Cc3ccco3)c2C)cc1. The van der Waals surface area contributed by atoms with Crippen LogP contribution in [0.2, 0.25) is 0 Å². The van der Waals surface area contributed by atoms with Crippen molar-refractivity contribution in [2.24, 2.45) is 0 Å². The number of benzene rings is 2. The molecule has 1 fully saturated rings. The van der Waals surface area contributed by atoms with Crippen molar-refractivity contribution in [3.63, 3.8) is 0 Å². The van der Waals surface area contributed by atoms with E-state index in [9.17, 15) is 0 Å². The number of anilines is 1. The zero-order chi connectivity index (χ0) is 26.9. The van der Waals surface area contributed by atoms with Gasteiger partial charge in [0.1, 0.15) is 17.3 Å². The van der Waals surface area contributed by atoms with Crippen LogP contribution in [0.1, 0.15) is 46.1 Å². The van der Waals surface area contributed by atoms with E-state index < -0.39 is 0 Å². The summed E-state index contributed by atoms with van der Waals surface area (Å²) in [4.78, 5) is 6.90. The van der Waals surface area contributed by atoms with E-state index in [1.807, 2.05) is 73.8 Å². The number of pyridine rings is 1. The minimum absolute atomic E-state index is 0.0907. The first-order valence-electron chi connectivity index (χ1n) is 13.0. The molecule has 0 saturated carbocycles. The van der Waals surface area contributed by atoms with Gasteiger partial charge in [-0.1, -0.05) is 24.3 Å². The molecule has 2 unspecified atom stereocenters. The van der Waals surface area contributed by atoms with Crippen LogP contribution in [0.3, 0.4) is 0 Å². The lowest BCUT2D eigenvalue weighted by Gasteiger charge is -2.28. The Hall–Kier alpha value is -4.36. The van der Waals surface area contributed by atoms with Crippen LogP contribution < -0.4 is 15.0 Å². The molecule has 39 heavy (non-hydrogen) atoms. The Balaban J connectivity index is 1.38. The van der Waals surface area contributed by atoms with Gasteiger partial charge in [0.25, 0.3) is 0 Å². The molecular weight excluding hydrogens is 504 g/mol. The van der Waals surface area contributed by atoms with Crippen LogP contribution in [0.5, 0.6) is 11.5 Å². The van der Waals surface area contributed by atoms with Gasteiger partial charge in [0.05, 0.1) is 30.6 Å². The zero-order valence-corrected chi connectivity index (χ0v) is 23.0. The van der Waals surface area contributed by atoms with Crippen LogP contribution in [0, 0.1) is 20.8 Å². The van der Waals surface area contributed by atoms with Crippen LogP contribution in [0.25, 0.3) is 0 Å². The molecule has 5 aromatic rings. The second-order valence-electron chi connectivity index (χ2n) is 9.85. The minimum atomic E-state index is -0.112. The second-order valence-corrected chi connectivity index (χ2v) is 10.2. The second kappa shape index (κ2) is 10.4. The Morgan fingerprint density at radius 1 is 0.949 bits per heavy atom.